The average molecular weight is 288 g/mol. The highest BCUT2D eigenvalue weighted by Crippen LogP contribution is 2.29. The molecule has 19 heavy (non-hydrogen) atoms. The van der Waals surface area contributed by atoms with Crippen LogP contribution >= 0.6 is 11.8 Å². The number of aliphatic carboxylic acids is 1. The lowest BCUT2D eigenvalue weighted by molar-refractivity contribution is -0.137. The summed E-state index contributed by atoms with van der Waals surface area (Å²) >= 11 is 1.97. The van der Waals surface area contributed by atoms with Crippen molar-refractivity contribution in [2.24, 2.45) is 0 Å². The Morgan fingerprint density at radius 2 is 2.16 bits per heavy atom. The molecule has 0 bridgehead atoms. The Kier molecular flexibility index (Phi) is 7.05. The minimum atomic E-state index is -0.816. The lowest BCUT2D eigenvalue weighted by Crippen LogP contribution is -2.42. The molecule has 0 aromatic carbocycles. The van der Waals surface area contributed by atoms with Crippen LogP contribution in [-0.4, -0.2) is 52.6 Å². The number of rotatable bonds is 7. The smallest absolute Gasteiger partial charge is 0.317 e. The van der Waals surface area contributed by atoms with Crippen LogP contribution in [-0.2, 0) is 4.79 Å². The van der Waals surface area contributed by atoms with Gasteiger partial charge in [-0.2, -0.15) is 11.8 Å². The minimum absolute atomic E-state index is 0.0856. The van der Waals surface area contributed by atoms with Gasteiger partial charge in [-0.25, -0.2) is 4.79 Å². The zero-order valence-corrected chi connectivity index (χ0v) is 12.5. The molecular formula is C13H24N2O3S. The van der Waals surface area contributed by atoms with Gasteiger partial charge in [-0.05, 0) is 31.4 Å². The van der Waals surface area contributed by atoms with Crippen molar-refractivity contribution in [1.29, 1.82) is 0 Å². The second kappa shape index (κ2) is 8.30. The number of carbonyl (C=O) groups excluding carboxylic acids is 1. The van der Waals surface area contributed by atoms with E-state index in [1.54, 1.807) is 11.9 Å². The first kappa shape index (κ1) is 16.1. The van der Waals surface area contributed by atoms with Gasteiger partial charge >= 0.3 is 12.0 Å². The summed E-state index contributed by atoms with van der Waals surface area (Å²) in [7, 11) is 1.71. The number of carboxylic acid groups (broad SMARTS) is 1. The van der Waals surface area contributed by atoms with Gasteiger partial charge in [-0.3, -0.25) is 4.79 Å². The van der Waals surface area contributed by atoms with Crippen molar-refractivity contribution in [3.8, 4) is 0 Å². The summed E-state index contributed by atoms with van der Waals surface area (Å²) in [5.74, 6) is 0.310. The van der Waals surface area contributed by atoms with E-state index in [-0.39, 0.29) is 18.5 Å². The van der Waals surface area contributed by atoms with E-state index in [0.717, 1.165) is 18.6 Å². The normalized spacial score (nSPS) is 22.2. The molecule has 0 aliphatic heterocycles. The van der Waals surface area contributed by atoms with E-state index in [0.29, 0.717) is 18.2 Å². The molecule has 1 rings (SSSR count). The Morgan fingerprint density at radius 3 is 2.79 bits per heavy atom. The third-order valence-corrected chi connectivity index (χ3v) is 4.58. The molecular weight excluding hydrogens is 264 g/mol. The zero-order valence-electron chi connectivity index (χ0n) is 11.7. The zero-order chi connectivity index (χ0) is 14.3. The molecule has 0 aromatic heterocycles. The third kappa shape index (κ3) is 6.18. The number of nitrogens with zero attached hydrogens (tertiary/aromatic N) is 1. The molecule has 5 nitrogen and oxygen atoms in total. The summed E-state index contributed by atoms with van der Waals surface area (Å²) in [6, 6.07) is 0.191. The highest BCUT2D eigenvalue weighted by Gasteiger charge is 2.26. The van der Waals surface area contributed by atoms with Gasteiger partial charge in [-0.15, -0.1) is 0 Å². The van der Waals surface area contributed by atoms with Gasteiger partial charge in [0, 0.05) is 31.3 Å². The van der Waals surface area contributed by atoms with E-state index >= 15 is 0 Å². The van der Waals surface area contributed by atoms with Crippen LogP contribution in [0.1, 0.15) is 39.0 Å². The Labute approximate surface area is 119 Å². The standard InChI is InChI=1S/C13H24N2O3S/c1-3-19-11-7-6-10(9-11)14-13(18)15(2)8-4-5-12(16)17/h10-11H,3-9H2,1-2H3,(H,14,18)(H,16,17). The van der Waals surface area contributed by atoms with E-state index in [2.05, 4.69) is 12.2 Å². The predicted molar refractivity (Wildman–Crippen MR) is 77.6 cm³/mol. The molecule has 6 heteroatoms. The predicted octanol–water partition coefficient (Wildman–Crippen LogP) is 2.17. The number of carbonyl (C=O) groups is 2. The monoisotopic (exact) mass is 288 g/mol. The number of hydrogen-bond donors (Lipinski definition) is 2. The van der Waals surface area contributed by atoms with Gasteiger partial charge in [0.25, 0.3) is 0 Å². The van der Waals surface area contributed by atoms with Crippen molar-refractivity contribution < 1.29 is 14.7 Å². The van der Waals surface area contributed by atoms with Gasteiger partial charge < -0.3 is 15.3 Å². The maximum Gasteiger partial charge on any atom is 0.317 e. The molecule has 0 saturated heterocycles. The molecule has 1 aliphatic carbocycles. The van der Waals surface area contributed by atoms with Crippen LogP contribution in [0.25, 0.3) is 0 Å². The van der Waals surface area contributed by atoms with E-state index in [4.69, 9.17) is 5.11 Å². The summed E-state index contributed by atoms with van der Waals surface area (Å²) in [6.45, 7) is 2.64. The quantitative estimate of drug-likeness (QED) is 0.753. The molecule has 110 valence electrons. The summed E-state index contributed by atoms with van der Waals surface area (Å²) in [5, 5.41) is 12.3. The van der Waals surface area contributed by atoms with Crippen molar-refractivity contribution in [2.45, 2.75) is 50.3 Å². The van der Waals surface area contributed by atoms with Gasteiger partial charge in [-0.1, -0.05) is 6.92 Å². The van der Waals surface area contributed by atoms with Crippen LogP contribution in [0.3, 0.4) is 0 Å². The van der Waals surface area contributed by atoms with Crippen molar-refractivity contribution in [1.82, 2.24) is 10.2 Å². The van der Waals surface area contributed by atoms with Crippen molar-refractivity contribution in [3.63, 3.8) is 0 Å². The number of hydrogen-bond acceptors (Lipinski definition) is 3. The lowest BCUT2D eigenvalue weighted by atomic mass is 10.2. The summed E-state index contributed by atoms with van der Waals surface area (Å²) in [5.41, 5.74) is 0. The molecule has 0 aromatic rings. The lowest BCUT2D eigenvalue weighted by Gasteiger charge is -2.21. The fourth-order valence-electron chi connectivity index (χ4n) is 2.31. The molecule has 1 fully saturated rings. The fourth-order valence-corrected chi connectivity index (χ4v) is 3.45. The number of carboxylic acids is 1. The summed E-state index contributed by atoms with van der Waals surface area (Å²) in [6.07, 6.45) is 3.88. The first-order valence-electron chi connectivity index (χ1n) is 6.88. The maximum absolute atomic E-state index is 11.9. The molecule has 2 unspecified atom stereocenters. The van der Waals surface area contributed by atoms with E-state index in [1.807, 2.05) is 11.8 Å². The van der Waals surface area contributed by atoms with Gasteiger partial charge in [0.15, 0.2) is 0 Å². The average Bonchev–Trinajstić information content (AvgIpc) is 2.76. The highest BCUT2D eigenvalue weighted by atomic mass is 32.2. The first-order valence-corrected chi connectivity index (χ1v) is 7.92. The van der Waals surface area contributed by atoms with Crippen LogP contribution in [0.15, 0.2) is 0 Å². The van der Waals surface area contributed by atoms with Gasteiger partial charge in [0.05, 0.1) is 0 Å². The molecule has 1 saturated carbocycles. The van der Waals surface area contributed by atoms with Crippen molar-refractivity contribution >= 4 is 23.8 Å². The Balaban J connectivity index is 2.21. The van der Waals surface area contributed by atoms with Crippen LogP contribution in [0.5, 0.6) is 0 Å². The minimum Gasteiger partial charge on any atom is -0.481 e. The number of nitrogens with one attached hydrogen (secondary N) is 1. The molecule has 2 atom stereocenters. The van der Waals surface area contributed by atoms with Crippen molar-refractivity contribution in [2.75, 3.05) is 19.3 Å². The van der Waals surface area contributed by atoms with Crippen LogP contribution < -0.4 is 5.32 Å². The maximum atomic E-state index is 11.9. The Hall–Kier alpha value is -0.910. The van der Waals surface area contributed by atoms with Crippen LogP contribution in [0.2, 0.25) is 0 Å². The number of amides is 2. The second-order valence-electron chi connectivity index (χ2n) is 4.96. The number of urea groups is 1. The van der Waals surface area contributed by atoms with Gasteiger partial charge in [0.1, 0.15) is 0 Å². The summed E-state index contributed by atoms with van der Waals surface area (Å²) < 4.78 is 0. The molecule has 2 N–H and O–H groups in total. The van der Waals surface area contributed by atoms with Crippen LogP contribution in [0.4, 0.5) is 4.79 Å². The first-order chi connectivity index (χ1) is 9.02. The summed E-state index contributed by atoms with van der Waals surface area (Å²) in [4.78, 5) is 23.9. The molecule has 0 spiro atoms. The molecule has 0 heterocycles. The topological polar surface area (TPSA) is 69.6 Å². The van der Waals surface area contributed by atoms with E-state index in [9.17, 15) is 9.59 Å². The molecule has 2 amide bonds. The Bertz CT molecular complexity index is 312. The van der Waals surface area contributed by atoms with E-state index < -0.39 is 5.97 Å². The fraction of sp³-hybridized carbons (Fsp3) is 0.846. The second-order valence-corrected chi connectivity index (χ2v) is 6.53. The highest BCUT2D eigenvalue weighted by molar-refractivity contribution is 7.99. The molecule has 1 aliphatic rings. The van der Waals surface area contributed by atoms with Gasteiger partial charge in [0.2, 0.25) is 0 Å². The number of thioether (sulfide) groups is 1. The van der Waals surface area contributed by atoms with Crippen LogP contribution in [0, 0.1) is 0 Å². The largest absolute Gasteiger partial charge is 0.481 e. The van der Waals surface area contributed by atoms with Crippen molar-refractivity contribution in [3.05, 3.63) is 0 Å². The Morgan fingerprint density at radius 1 is 1.42 bits per heavy atom. The SMILES string of the molecule is CCSC1CCC(NC(=O)N(C)CCCC(=O)O)C1. The third-order valence-electron chi connectivity index (χ3n) is 3.35. The van der Waals surface area contributed by atoms with E-state index in [1.165, 1.54) is 6.42 Å². The molecule has 0 radical (unpaired) electrons.